The van der Waals surface area contributed by atoms with Crippen molar-refractivity contribution >= 4 is 11.7 Å². The van der Waals surface area contributed by atoms with Crippen LogP contribution in [0.4, 0.5) is 19.3 Å². The highest BCUT2D eigenvalue weighted by atomic mass is 19.1. The Bertz CT molecular complexity index is 1010. The molecule has 1 saturated heterocycles. The van der Waals surface area contributed by atoms with Gasteiger partial charge in [0.15, 0.2) is 0 Å². The number of hydrogen-bond acceptors (Lipinski definition) is 4. The quantitative estimate of drug-likeness (QED) is 0.692. The van der Waals surface area contributed by atoms with Crippen molar-refractivity contribution in [1.29, 1.82) is 0 Å². The van der Waals surface area contributed by atoms with E-state index < -0.39 is 0 Å². The number of urea groups is 1. The Morgan fingerprint density at radius 3 is 2.55 bits per heavy atom. The molecule has 0 spiro atoms. The van der Waals surface area contributed by atoms with Crippen LogP contribution in [-0.2, 0) is 0 Å². The van der Waals surface area contributed by atoms with E-state index in [0.717, 1.165) is 0 Å². The predicted octanol–water partition coefficient (Wildman–Crippen LogP) is 4.73. The molecule has 8 heteroatoms. The summed E-state index contributed by atoms with van der Waals surface area (Å²) >= 11 is 0. The van der Waals surface area contributed by atoms with Crippen LogP contribution >= 0.6 is 0 Å². The van der Waals surface area contributed by atoms with Crippen LogP contribution in [-0.4, -0.2) is 34.2 Å². The van der Waals surface area contributed by atoms with Crippen molar-refractivity contribution < 1.29 is 18.1 Å². The third-order valence-electron chi connectivity index (χ3n) is 5.10. The number of benzene rings is 2. The first-order valence-corrected chi connectivity index (χ1v) is 9.41. The first-order valence-electron chi connectivity index (χ1n) is 9.41. The normalized spacial score (nSPS) is 14.8. The molecule has 1 aromatic heterocycles. The maximum Gasteiger partial charge on any atom is 0.321 e. The van der Waals surface area contributed by atoms with Crippen LogP contribution in [0.15, 0.2) is 47.0 Å². The van der Waals surface area contributed by atoms with E-state index in [4.69, 9.17) is 4.52 Å². The molecule has 2 amide bonds. The summed E-state index contributed by atoms with van der Waals surface area (Å²) in [5, 5.41) is 6.71. The van der Waals surface area contributed by atoms with E-state index in [1.54, 1.807) is 36.1 Å². The second-order valence-electron chi connectivity index (χ2n) is 7.12. The van der Waals surface area contributed by atoms with Crippen molar-refractivity contribution in [3.8, 4) is 11.4 Å². The SMILES string of the molecule is Cc1ccc(NC(=O)N2CCC(c3nc(-c4ccc(F)cc4)no3)CC2)cc1F. The van der Waals surface area contributed by atoms with Crippen molar-refractivity contribution in [1.82, 2.24) is 15.0 Å². The minimum atomic E-state index is -0.352. The van der Waals surface area contributed by atoms with Crippen LogP contribution in [0.2, 0.25) is 0 Å². The van der Waals surface area contributed by atoms with E-state index in [-0.39, 0.29) is 23.6 Å². The van der Waals surface area contributed by atoms with Crippen LogP contribution < -0.4 is 5.32 Å². The summed E-state index contributed by atoms with van der Waals surface area (Å²) in [6, 6.07) is 10.3. The number of likely N-dealkylation sites (tertiary alicyclic amines) is 1. The molecule has 4 rings (SSSR count). The number of anilines is 1. The van der Waals surface area contributed by atoms with Crippen molar-refractivity contribution in [2.75, 3.05) is 18.4 Å². The molecule has 2 heterocycles. The summed E-state index contributed by atoms with van der Waals surface area (Å²) < 4.78 is 32.1. The van der Waals surface area contributed by atoms with E-state index in [1.807, 2.05) is 0 Å². The molecule has 3 aromatic rings. The molecule has 150 valence electrons. The molecule has 0 unspecified atom stereocenters. The fourth-order valence-electron chi connectivity index (χ4n) is 3.32. The molecule has 0 atom stereocenters. The van der Waals surface area contributed by atoms with E-state index in [0.29, 0.717) is 54.5 Å². The van der Waals surface area contributed by atoms with Gasteiger partial charge < -0.3 is 14.7 Å². The second kappa shape index (κ2) is 7.98. The number of aromatic nitrogens is 2. The van der Waals surface area contributed by atoms with Gasteiger partial charge in [0.2, 0.25) is 11.7 Å². The summed E-state index contributed by atoms with van der Waals surface area (Å²) in [5.74, 6) is 0.315. The largest absolute Gasteiger partial charge is 0.339 e. The van der Waals surface area contributed by atoms with Gasteiger partial charge in [-0.25, -0.2) is 13.6 Å². The van der Waals surface area contributed by atoms with Gasteiger partial charge in [-0.3, -0.25) is 0 Å². The smallest absolute Gasteiger partial charge is 0.321 e. The third-order valence-corrected chi connectivity index (χ3v) is 5.10. The Morgan fingerprint density at radius 2 is 1.86 bits per heavy atom. The van der Waals surface area contributed by atoms with Gasteiger partial charge in [0.25, 0.3) is 0 Å². The van der Waals surface area contributed by atoms with Crippen LogP contribution in [0.3, 0.4) is 0 Å². The number of aryl methyl sites for hydroxylation is 1. The molecule has 1 N–H and O–H groups in total. The fraction of sp³-hybridized carbons (Fsp3) is 0.286. The minimum Gasteiger partial charge on any atom is -0.339 e. The molecule has 29 heavy (non-hydrogen) atoms. The summed E-state index contributed by atoms with van der Waals surface area (Å²) in [6.45, 7) is 2.73. The number of carbonyl (C=O) groups is 1. The molecule has 1 aliphatic rings. The Balaban J connectivity index is 1.35. The van der Waals surface area contributed by atoms with Crippen molar-refractivity contribution in [2.45, 2.75) is 25.7 Å². The number of nitrogens with zero attached hydrogens (tertiary/aromatic N) is 3. The van der Waals surface area contributed by atoms with Crippen LogP contribution in [0.5, 0.6) is 0 Å². The molecule has 0 saturated carbocycles. The van der Waals surface area contributed by atoms with Gasteiger partial charge in [0, 0.05) is 30.3 Å². The number of hydrogen-bond donors (Lipinski definition) is 1. The maximum absolute atomic E-state index is 13.6. The summed E-state index contributed by atoms with van der Waals surface area (Å²) in [7, 11) is 0. The zero-order valence-electron chi connectivity index (χ0n) is 15.9. The molecule has 2 aromatic carbocycles. The van der Waals surface area contributed by atoms with Gasteiger partial charge in [0.05, 0.1) is 0 Å². The molecule has 0 radical (unpaired) electrons. The second-order valence-corrected chi connectivity index (χ2v) is 7.12. The van der Waals surface area contributed by atoms with Gasteiger partial charge in [-0.1, -0.05) is 11.2 Å². The van der Waals surface area contributed by atoms with E-state index in [1.165, 1.54) is 18.2 Å². The monoisotopic (exact) mass is 398 g/mol. The van der Waals surface area contributed by atoms with E-state index >= 15 is 0 Å². The molecule has 1 fully saturated rings. The zero-order valence-corrected chi connectivity index (χ0v) is 15.9. The summed E-state index contributed by atoms with van der Waals surface area (Å²) in [6.07, 6.45) is 1.36. The number of amides is 2. The fourth-order valence-corrected chi connectivity index (χ4v) is 3.32. The van der Waals surface area contributed by atoms with Gasteiger partial charge in [-0.2, -0.15) is 4.98 Å². The van der Waals surface area contributed by atoms with Gasteiger partial charge in [0.1, 0.15) is 11.6 Å². The summed E-state index contributed by atoms with van der Waals surface area (Å²) in [4.78, 5) is 18.5. The lowest BCUT2D eigenvalue weighted by atomic mass is 9.97. The Morgan fingerprint density at radius 1 is 1.14 bits per heavy atom. The predicted molar refractivity (Wildman–Crippen MR) is 103 cm³/mol. The van der Waals surface area contributed by atoms with E-state index in [2.05, 4.69) is 15.5 Å². The van der Waals surface area contributed by atoms with Gasteiger partial charge >= 0.3 is 6.03 Å². The van der Waals surface area contributed by atoms with Crippen molar-refractivity contribution in [3.05, 3.63) is 65.6 Å². The first-order chi connectivity index (χ1) is 14.0. The van der Waals surface area contributed by atoms with Crippen molar-refractivity contribution in [2.24, 2.45) is 0 Å². The minimum absolute atomic E-state index is 0.0533. The number of nitrogens with one attached hydrogen (secondary N) is 1. The molecule has 0 aliphatic carbocycles. The van der Waals surface area contributed by atoms with E-state index in [9.17, 15) is 13.6 Å². The highest BCUT2D eigenvalue weighted by Gasteiger charge is 2.27. The lowest BCUT2D eigenvalue weighted by molar-refractivity contribution is 0.187. The Labute approximate surface area is 166 Å². The molecule has 0 bridgehead atoms. The van der Waals surface area contributed by atoms with Crippen LogP contribution in [0, 0.1) is 18.6 Å². The Kier molecular flexibility index (Phi) is 5.24. The summed E-state index contributed by atoms with van der Waals surface area (Å²) in [5.41, 5.74) is 1.65. The average molecular weight is 398 g/mol. The first kappa shape index (κ1) is 19.0. The number of carbonyl (C=O) groups excluding carboxylic acids is 1. The Hall–Kier alpha value is -3.29. The maximum atomic E-state index is 13.6. The lowest BCUT2D eigenvalue weighted by Crippen LogP contribution is -2.40. The molecular weight excluding hydrogens is 378 g/mol. The molecule has 6 nitrogen and oxygen atoms in total. The van der Waals surface area contributed by atoms with Gasteiger partial charge in [-0.05, 0) is 61.7 Å². The van der Waals surface area contributed by atoms with Crippen LogP contribution in [0.25, 0.3) is 11.4 Å². The highest BCUT2D eigenvalue weighted by molar-refractivity contribution is 5.89. The number of halogens is 2. The topological polar surface area (TPSA) is 71.3 Å². The lowest BCUT2D eigenvalue weighted by Gasteiger charge is -2.30. The standard InChI is InChI=1S/C21H20F2N4O2/c1-13-2-7-17(12-18(13)23)24-21(28)27-10-8-15(9-11-27)20-25-19(26-29-20)14-3-5-16(22)6-4-14/h2-7,12,15H,8-11H2,1H3,(H,24,28). The van der Waals surface area contributed by atoms with Gasteiger partial charge in [-0.15, -0.1) is 0 Å². The highest BCUT2D eigenvalue weighted by Crippen LogP contribution is 2.29. The molecule has 1 aliphatic heterocycles. The van der Waals surface area contributed by atoms with Crippen molar-refractivity contribution in [3.63, 3.8) is 0 Å². The average Bonchev–Trinajstić information content (AvgIpc) is 3.21. The number of piperidine rings is 1. The number of rotatable bonds is 3. The molecular formula is C21H20F2N4O2. The third kappa shape index (κ3) is 4.26. The van der Waals surface area contributed by atoms with Crippen LogP contribution in [0.1, 0.15) is 30.2 Å². The zero-order chi connectivity index (χ0) is 20.4.